The lowest BCUT2D eigenvalue weighted by molar-refractivity contribution is 0.599. The van der Waals surface area contributed by atoms with Gasteiger partial charge in [-0.3, -0.25) is 0 Å². The highest BCUT2D eigenvalue weighted by Crippen LogP contribution is 2.28. The first-order valence-electron chi connectivity index (χ1n) is 3.71. The first-order chi connectivity index (χ1) is 6.32. The summed E-state index contributed by atoms with van der Waals surface area (Å²) in [6, 6.07) is 3.99. The van der Waals surface area contributed by atoms with Gasteiger partial charge in [-0.15, -0.1) is 0 Å². The highest BCUT2D eigenvalue weighted by Gasteiger charge is 2.20. The molecule has 0 heterocycles. The molecule has 1 atom stereocenters. The Morgan fingerprint density at radius 1 is 1.50 bits per heavy atom. The van der Waals surface area contributed by atoms with Crippen molar-refractivity contribution in [1.29, 1.82) is 0 Å². The van der Waals surface area contributed by atoms with Crippen LogP contribution in [-0.4, -0.2) is 8.42 Å². The summed E-state index contributed by atoms with van der Waals surface area (Å²) >= 11 is 2.97. The minimum Gasteiger partial charge on any atom is -0.212 e. The van der Waals surface area contributed by atoms with Gasteiger partial charge >= 0.3 is 0 Å². The summed E-state index contributed by atoms with van der Waals surface area (Å²) in [7, 11) is 1.52. The predicted octanol–water partition coefficient (Wildman–Crippen LogP) is 3.22. The average Bonchev–Trinajstić information content (AvgIpc) is 2.07. The highest BCUT2D eigenvalue weighted by atomic mass is 79.9. The largest absolute Gasteiger partial charge is 0.239 e. The number of hydrogen-bond acceptors (Lipinski definition) is 2. The summed E-state index contributed by atoms with van der Waals surface area (Å²) in [5.74, 6) is -0.437. The van der Waals surface area contributed by atoms with Crippen LogP contribution in [0.15, 0.2) is 22.7 Å². The predicted molar refractivity (Wildman–Crippen MR) is 57.3 cm³/mol. The van der Waals surface area contributed by atoms with Crippen LogP contribution in [0.25, 0.3) is 0 Å². The lowest BCUT2D eigenvalue weighted by Gasteiger charge is -2.08. The van der Waals surface area contributed by atoms with E-state index in [1.54, 1.807) is 0 Å². The maximum Gasteiger partial charge on any atom is 0.239 e. The Hall–Kier alpha value is -0.130. The van der Waals surface area contributed by atoms with Gasteiger partial charge < -0.3 is 0 Å². The Balaban J connectivity index is 3.16. The van der Waals surface area contributed by atoms with Crippen molar-refractivity contribution in [3.63, 3.8) is 0 Å². The summed E-state index contributed by atoms with van der Waals surface area (Å²) in [4.78, 5) is 0. The molecule has 1 rings (SSSR count). The van der Waals surface area contributed by atoms with Gasteiger partial charge in [0.1, 0.15) is 5.82 Å². The Morgan fingerprint density at radius 3 is 2.50 bits per heavy atom. The summed E-state index contributed by atoms with van der Waals surface area (Å²) in [5, 5.41) is -0.846. The van der Waals surface area contributed by atoms with Gasteiger partial charge in [-0.1, -0.05) is 6.07 Å². The first-order valence-corrected chi connectivity index (χ1v) is 6.87. The van der Waals surface area contributed by atoms with E-state index in [1.807, 2.05) is 0 Å². The second-order valence-corrected chi connectivity index (χ2v) is 6.59. The van der Waals surface area contributed by atoms with Crippen LogP contribution in [0.3, 0.4) is 0 Å². The van der Waals surface area contributed by atoms with Crippen LogP contribution >= 0.6 is 26.6 Å². The van der Waals surface area contributed by atoms with Crippen molar-refractivity contribution in [2.24, 2.45) is 0 Å². The quantitative estimate of drug-likeness (QED) is 0.786. The third-order valence-corrected chi connectivity index (χ3v) is 4.36. The fourth-order valence-electron chi connectivity index (χ4n) is 0.928. The van der Waals surface area contributed by atoms with Crippen LogP contribution in [0.2, 0.25) is 0 Å². The van der Waals surface area contributed by atoms with Gasteiger partial charge in [-0.2, -0.15) is 0 Å². The Bertz CT molecular complexity index is 447. The fourth-order valence-corrected chi connectivity index (χ4v) is 2.10. The van der Waals surface area contributed by atoms with E-state index >= 15 is 0 Å². The molecule has 1 aromatic carbocycles. The molecular weight excluding hydrogens is 295 g/mol. The van der Waals surface area contributed by atoms with Crippen LogP contribution in [0.5, 0.6) is 0 Å². The molecule has 2 nitrogen and oxygen atoms in total. The molecule has 0 saturated heterocycles. The summed E-state index contributed by atoms with van der Waals surface area (Å²) in [6.45, 7) is 1.45. The minimum atomic E-state index is -3.66. The normalized spacial score (nSPS) is 14.0. The van der Waals surface area contributed by atoms with E-state index in [1.165, 1.54) is 25.1 Å². The van der Waals surface area contributed by atoms with E-state index < -0.39 is 20.1 Å². The van der Waals surface area contributed by atoms with Crippen LogP contribution in [0.1, 0.15) is 17.7 Å². The third-order valence-electron chi connectivity index (χ3n) is 1.84. The van der Waals surface area contributed by atoms with Crippen molar-refractivity contribution < 1.29 is 12.8 Å². The average molecular weight is 302 g/mol. The van der Waals surface area contributed by atoms with E-state index in [0.717, 1.165) is 0 Å². The van der Waals surface area contributed by atoms with E-state index in [-0.39, 0.29) is 4.47 Å². The zero-order chi connectivity index (χ0) is 10.9. The number of rotatable bonds is 2. The van der Waals surface area contributed by atoms with Gasteiger partial charge in [-0.05, 0) is 40.5 Å². The van der Waals surface area contributed by atoms with E-state index in [2.05, 4.69) is 15.9 Å². The topological polar surface area (TPSA) is 34.1 Å². The molecule has 78 valence electrons. The Kier molecular flexibility index (Phi) is 3.55. The van der Waals surface area contributed by atoms with Crippen molar-refractivity contribution in [2.45, 2.75) is 12.2 Å². The molecule has 1 unspecified atom stereocenters. The van der Waals surface area contributed by atoms with Crippen molar-refractivity contribution >= 4 is 35.7 Å². The van der Waals surface area contributed by atoms with Crippen molar-refractivity contribution in [1.82, 2.24) is 0 Å². The number of halogens is 3. The van der Waals surface area contributed by atoms with E-state index in [4.69, 9.17) is 10.7 Å². The second-order valence-electron chi connectivity index (χ2n) is 2.79. The molecule has 0 aliphatic rings. The molecule has 6 heteroatoms. The number of benzene rings is 1. The van der Waals surface area contributed by atoms with Crippen LogP contribution in [0.4, 0.5) is 4.39 Å². The molecule has 0 bridgehead atoms. The van der Waals surface area contributed by atoms with Gasteiger partial charge in [0.2, 0.25) is 9.05 Å². The maximum absolute atomic E-state index is 12.8. The molecule has 0 amide bonds. The highest BCUT2D eigenvalue weighted by molar-refractivity contribution is 9.10. The molecule has 0 fully saturated rings. The smallest absolute Gasteiger partial charge is 0.212 e. The molecule has 14 heavy (non-hydrogen) atoms. The lowest BCUT2D eigenvalue weighted by atomic mass is 10.2. The Labute approximate surface area is 94.6 Å². The molecule has 0 aliphatic carbocycles. The first kappa shape index (κ1) is 11.9. The Morgan fingerprint density at radius 2 is 2.07 bits per heavy atom. The molecule has 0 aliphatic heterocycles. The molecule has 0 aromatic heterocycles. The molecular formula is C8H7BrClFO2S. The molecule has 0 saturated carbocycles. The maximum atomic E-state index is 12.8. The molecule has 0 spiro atoms. The van der Waals surface area contributed by atoms with Crippen molar-refractivity contribution in [3.05, 3.63) is 34.1 Å². The van der Waals surface area contributed by atoms with Crippen LogP contribution < -0.4 is 0 Å². The second kappa shape index (κ2) is 4.16. The standard InChI is InChI=1S/C8H7BrClFO2S/c1-5(14(10,12)13)6-2-3-8(11)7(9)4-6/h2-5H,1H3. The zero-order valence-electron chi connectivity index (χ0n) is 7.17. The summed E-state index contributed by atoms with van der Waals surface area (Å²) in [5.41, 5.74) is 0.452. The van der Waals surface area contributed by atoms with Gasteiger partial charge in [0.25, 0.3) is 0 Å². The van der Waals surface area contributed by atoms with Crippen LogP contribution in [0, 0.1) is 5.82 Å². The molecule has 1 aromatic rings. The van der Waals surface area contributed by atoms with Gasteiger partial charge in [-0.25, -0.2) is 12.8 Å². The summed E-state index contributed by atoms with van der Waals surface area (Å²) in [6.07, 6.45) is 0. The van der Waals surface area contributed by atoms with E-state index in [9.17, 15) is 12.8 Å². The molecule has 0 radical (unpaired) electrons. The third kappa shape index (κ3) is 2.68. The fraction of sp³-hybridized carbons (Fsp3) is 0.250. The van der Waals surface area contributed by atoms with Crippen molar-refractivity contribution in [2.75, 3.05) is 0 Å². The van der Waals surface area contributed by atoms with Gasteiger partial charge in [0.05, 0.1) is 9.72 Å². The zero-order valence-corrected chi connectivity index (χ0v) is 10.3. The summed E-state index contributed by atoms with van der Waals surface area (Å²) < 4.78 is 35.0. The van der Waals surface area contributed by atoms with Crippen molar-refractivity contribution in [3.8, 4) is 0 Å². The molecule has 0 N–H and O–H groups in total. The van der Waals surface area contributed by atoms with Crippen LogP contribution in [-0.2, 0) is 9.05 Å². The monoisotopic (exact) mass is 300 g/mol. The SMILES string of the molecule is CC(c1ccc(F)c(Br)c1)S(=O)(=O)Cl. The van der Waals surface area contributed by atoms with Gasteiger partial charge in [0, 0.05) is 10.7 Å². The van der Waals surface area contributed by atoms with E-state index in [0.29, 0.717) is 5.56 Å². The number of hydrogen-bond donors (Lipinski definition) is 0. The lowest BCUT2D eigenvalue weighted by Crippen LogP contribution is -2.02. The minimum absolute atomic E-state index is 0.224. The van der Waals surface area contributed by atoms with Gasteiger partial charge in [0.15, 0.2) is 0 Å².